The highest BCUT2D eigenvalue weighted by Crippen LogP contribution is 2.34. The molecule has 0 amide bonds. The van der Waals surface area contributed by atoms with Crippen LogP contribution in [-0.2, 0) is 7.05 Å². The highest BCUT2D eigenvalue weighted by atomic mass is 16.3. The van der Waals surface area contributed by atoms with Gasteiger partial charge in [0.05, 0.1) is 5.56 Å². The highest BCUT2D eigenvalue weighted by molar-refractivity contribution is 6.10. The van der Waals surface area contributed by atoms with Crippen LogP contribution in [0.15, 0.2) is 59.1 Å². The fourth-order valence-corrected chi connectivity index (χ4v) is 2.91. The first kappa shape index (κ1) is 12.1. The Morgan fingerprint density at radius 2 is 1.71 bits per heavy atom. The van der Waals surface area contributed by atoms with Crippen LogP contribution < -0.4 is 4.68 Å². The van der Waals surface area contributed by atoms with Crippen molar-refractivity contribution in [3.8, 4) is 11.3 Å². The van der Waals surface area contributed by atoms with Crippen molar-refractivity contribution >= 4 is 21.9 Å². The third-order valence-electron chi connectivity index (χ3n) is 3.93. The van der Waals surface area contributed by atoms with Crippen molar-refractivity contribution in [3.05, 3.63) is 60.3 Å². The number of fused-ring (bicyclic) bond motifs is 3. The number of aromatic nitrogens is 2. The molecule has 2 aromatic heterocycles. The Hall–Kier alpha value is -2.68. The summed E-state index contributed by atoms with van der Waals surface area (Å²) >= 11 is 0. The van der Waals surface area contributed by atoms with E-state index >= 15 is 0 Å². The van der Waals surface area contributed by atoms with Gasteiger partial charge in [0.2, 0.25) is 0 Å². The lowest BCUT2D eigenvalue weighted by Gasteiger charge is -2.03. The van der Waals surface area contributed by atoms with Crippen molar-refractivity contribution in [3.63, 3.8) is 0 Å². The molecule has 2 heterocycles. The minimum Gasteiger partial charge on any atom is -0.454 e. The lowest BCUT2D eigenvalue weighted by molar-refractivity contribution is -0.719. The molecule has 4 rings (SSSR count). The van der Waals surface area contributed by atoms with E-state index in [1.54, 1.807) is 6.20 Å². The second-order valence-corrected chi connectivity index (χ2v) is 5.27. The molecular weight excluding hydrogens is 260 g/mol. The summed E-state index contributed by atoms with van der Waals surface area (Å²) in [6, 6.07) is 16.5. The molecule has 0 N–H and O–H groups in total. The molecule has 0 aliphatic carbocycles. The molecule has 0 aliphatic rings. The lowest BCUT2D eigenvalue weighted by atomic mass is 10.0. The summed E-state index contributed by atoms with van der Waals surface area (Å²) in [5.74, 6) is 0. The largest absolute Gasteiger partial charge is 0.454 e. The summed E-state index contributed by atoms with van der Waals surface area (Å²) in [5.41, 5.74) is 5.23. The van der Waals surface area contributed by atoms with Crippen LogP contribution in [0.25, 0.3) is 33.2 Å². The Labute approximate surface area is 122 Å². The zero-order valence-corrected chi connectivity index (χ0v) is 12.0. The number of nitrogens with zero attached hydrogens (tertiary/aromatic N) is 2. The fourth-order valence-electron chi connectivity index (χ4n) is 2.91. The molecule has 0 unspecified atom stereocenters. The van der Waals surface area contributed by atoms with E-state index in [0.29, 0.717) is 0 Å². The smallest absolute Gasteiger partial charge is 0.250 e. The minimum atomic E-state index is 0.826. The molecular formula is C18H15N2O+. The van der Waals surface area contributed by atoms with Crippen LogP contribution in [0.3, 0.4) is 0 Å². The van der Waals surface area contributed by atoms with E-state index < -0.39 is 0 Å². The Kier molecular flexibility index (Phi) is 2.54. The van der Waals surface area contributed by atoms with Gasteiger partial charge in [0.15, 0.2) is 12.6 Å². The van der Waals surface area contributed by atoms with Crippen molar-refractivity contribution in [1.29, 1.82) is 0 Å². The average Bonchev–Trinajstić information content (AvgIpc) is 2.87. The maximum Gasteiger partial charge on any atom is 0.250 e. The molecule has 3 nitrogen and oxygen atoms in total. The van der Waals surface area contributed by atoms with Crippen molar-refractivity contribution in [2.24, 2.45) is 7.05 Å². The second kappa shape index (κ2) is 4.42. The van der Waals surface area contributed by atoms with Gasteiger partial charge in [0, 0.05) is 5.39 Å². The summed E-state index contributed by atoms with van der Waals surface area (Å²) in [4.78, 5) is 0. The zero-order valence-electron chi connectivity index (χ0n) is 12.0. The third-order valence-corrected chi connectivity index (χ3v) is 3.93. The molecule has 0 saturated carbocycles. The van der Waals surface area contributed by atoms with Gasteiger partial charge in [0.1, 0.15) is 17.2 Å². The highest BCUT2D eigenvalue weighted by Gasteiger charge is 2.22. The number of para-hydroxylation sites is 1. The molecule has 0 aliphatic heterocycles. The van der Waals surface area contributed by atoms with Crippen molar-refractivity contribution in [2.45, 2.75) is 6.92 Å². The first-order valence-electron chi connectivity index (χ1n) is 6.98. The van der Waals surface area contributed by atoms with Gasteiger partial charge in [-0.15, -0.1) is 0 Å². The average molecular weight is 275 g/mol. The molecule has 0 radical (unpaired) electrons. The summed E-state index contributed by atoms with van der Waals surface area (Å²) in [6.07, 6.45) is 1.79. The molecule has 0 spiro atoms. The molecule has 2 aromatic carbocycles. The monoisotopic (exact) mass is 275 g/mol. The van der Waals surface area contributed by atoms with Crippen molar-refractivity contribution < 1.29 is 9.10 Å². The van der Waals surface area contributed by atoms with Gasteiger partial charge in [-0.3, -0.25) is 0 Å². The van der Waals surface area contributed by atoms with E-state index in [9.17, 15) is 0 Å². The van der Waals surface area contributed by atoms with Gasteiger partial charge in [0.25, 0.3) is 5.69 Å². The standard InChI is InChI=1S/C18H15N2O/c1-12-7-3-4-8-13(12)18-17-14-9-5-6-10-15(14)21-16(17)11-19-20(18)2/h3-11H,1-2H3/q+1. The normalized spacial score (nSPS) is 11.3. The SMILES string of the molecule is Cc1ccccc1-c1c2c(cn[n+]1C)oc1ccccc12. The fraction of sp³-hybridized carbons (Fsp3) is 0.111. The molecule has 0 fully saturated rings. The molecule has 3 heteroatoms. The zero-order chi connectivity index (χ0) is 14.4. The maximum absolute atomic E-state index is 5.93. The number of hydrogen-bond donors (Lipinski definition) is 0. The van der Waals surface area contributed by atoms with Crippen molar-refractivity contribution in [1.82, 2.24) is 5.10 Å². The van der Waals surface area contributed by atoms with E-state index in [2.05, 4.69) is 42.4 Å². The first-order chi connectivity index (χ1) is 10.3. The molecule has 21 heavy (non-hydrogen) atoms. The van der Waals surface area contributed by atoms with Crippen LogP contribution in [0, 0.1) is 6.92 Å². The topological polar surface area (TPSA) is 29.9 Å². The van der Waals surface area contributed by atoms with Crippen LogP contribution in [-0.4, -0.2) is 5.10 Å². The first-order valence-corrected chi connectivity index (χ1v) is 6.98. The number of furan rings is 1. The van der Waals surface area contributed by atoms with Gasteiger partial charge in [-0.25, -0.2) is 0 Å². The van der Waals surface area contributed by atoms with E-state index in [-0.39, 0.29) is 0 Å². The maximum atomic E-state index is 5.93. The molecule has 4 aromatic rings. The number of aryl methyl sites for hydroxylation is 2. The quantitative estimate of drug-likeness (QED) is 0.495. The predicted octanol–water partition coefficient (Wildman–Crippen LogP) is 3.78. The van der Waals surface area contributed by atoms with Gasteiger partial charge in [-0.1, -0.05) is 41.1 Å². The predicted molar refractivity (Wildman–Crippen MR) is 82.9 cm³/mol. The van der Waals surface area contributed by atoms with Crippen molar-refractivity contribution in [2.75, 3.05) is 0 Å². The van der Waals surface area contributed by atoms with E-state index in [4.69, 9.17) is 4.42 Å². The van der Waals surface area contributed by atoms with Crippen LogP contribution in [0.2, 0.25) is 0 Å². The number of benzene rings is 2. The Bertz CT molecular complexity index is 969. The van der Waals surface area contributed by atoms with Crippen LogP contribution >= 0.6 is 0 Å². The van der Waals surface area contributed by atoms with Gasteiger partial charge in [-0.2, -0.15) is 0 Å². The summed E-state index contributed by atoms with van der Waals surface area (Å²) in [5, 5.41) is 6.69. The number of hydrogen-bond acceptors (Lipinski definition) is 2. The lowest BCUT2D eigenvalue weighted by Crippen LogP contribution is -2.35. The van der Waals surface area contributed by atoms with Crippen LogP contribution in [0.5, 0.6) is 0 Å². The molecule has 0 atom stereocenters. The summed E-state index contributed by atoms with van der Waals surface area (Å²) in [6.45, 7) is 2.12. The Morgan fingerprint density at radius 1 is 0.952 bits per heavy atom. The van der Waals surface area contributed by atoms with E-state index in [0.717, 1.165) is 27.6 Å². The second-order valence-electron chi connectivity index (χ2n) is 5.27. The minimum absolute atomic E-state index is 0.826. The summed E-state index contributed by atoms with van der Waals surface area (Å²) in [7, 11) is 1.98. The molecule has 102 valence electrons. The number of rotatable bonds is 1. The Balaban J connectivity index is 2.22. The van der Waals surface area contributed by atoms with E-state index in [1.807, 2.05) is 29.9 Å². The Morgan fingerprint density at radius 3 is 2.57 bits per heavy atom. The van der Waals surface area contributed by atoms with Gasteiger partial charge >= 0.3 is 0 Å². The molecule has 0 bridgehead atoms. The summed E-state index contributed by atoms with van der Waals surface area (Å²) < 4.78 is 7.86. The van der Waals surface area contributed by atoms with Crippen LogP contribution in [0.1, 0.15) is 5.56 Å². The van der Waals surface area contributed by atoms with Gasteiger partial charge < -0.3 is 4.42 Å². The molecule has 0 saturated heterocycles. The van der Waals surface area contributed by atoms with Crippen LogP contribution in [0.4, 0.5) is 0 Å². The van der Waals surface area contributed by atoms with Gasteiger partial charge in [-0.05, 0) is 29.7 Å². The van der Waals surface area contributed by atoms with E-state index in [1.165, 1.54) is 11.1 Å². The third kappa shape index (κ3) is 1.74.